The zero-order valence-electron chi connectivity index (χ0n) is 12.4. The molecule has 2 aromatic rings. The van der Waals surface area contributed by atoms with E-state index in [0.29, 0.717) is 22.0 Å². The normalized spacial score (nSPS) is 18.8. The molecule has 0 bridgehead atoms. The Hall–Kier alpha value is -1.91. The van der Waals surface area contributed by atoms with E-state index < -0.39 is 5.82 Å². The molecule has 21 heavy (non-hydrogen) atoms. The lowest BCUT2D eigenvalue weighted by Gasteiger charge is -2.34. The van der Waals surface area contributed by atoms with Crippen molar-refractivity contribution in [2.75, 3.05) is 0 Å². The number of fused-ring (bicyclic) bond motifs is 1. The van der Waals surface area contributed by atoms with Gasteiger partial charge in [-0.2, -0.15) is 0 Å². The number of carbonyl (C=O) groups is 1. The van der Waals surface area contributed by atoms with Gasteiger partial charge in [0.2, 0.25) is 0 Å². The number of rotatable bonds is 2. The van der Waals surface area contributed by atoms with Crippen molar-refractivity contribution in [3.63, 3.8) is 0 Å². The summed E-state index contributed by atoms with van der Waals surface area (Å²) >= 11 is 0. The summed E-state index contributed by atoms with van der Waals surface area (Å²) in [6, 6.07) is 1.76. The highest BCUT2D eigenvalue weighted by Crippen LogP contribution is 2.35. The van der Waals surface area contributed by atoms with Gasteiger partial charge >= 0.3 is 0 Å². The van der Waals surface area contributed by atoms with Gasteiger partial charge in [0.05, 0.1) is 17.9 Å². The molecule has 0 aliphatic heterocycles. The Morgan fingerprint density at radius 2 is 2.10 bits per heavy atom. The molecule has 0 atom stereocenters. The first-order chi connectivity index (χ1) is 9.94. The summed E-state index contributed by atoms with van der Waals surface area (Å²) in [4.78, 5) is 19.0. The van der Waals surface area contributed by atoms with Gasteiger partial charge in [0.15, 0.2) is 5.82 Å². The van der Waals surface area contributed by atoms with Crippen LogP contribution in [0, 0.1) is 11.2 Å². The summed E-state index contributed by atoms with van der Waals surface area (Å²) in [6.07, 6.45) is 6.90. The Morgan fingerprint density at radius 1 is 1.38 bits per heavy atom. The molecule has 1 aliphatic rings. The molecule has 0 unspecified atom stereocenters. The maximum Gasteiger partial charge on any atom is 0.267 e. The number of pyridine rings is 1. The maximum absolute atomic E-state index is 13.6. The number of aromatic nitrogens is 2. The van der Waals surface area contributed by atoms with Crippen LogP contribution in [-0.2, 0) is 0 Å². The minimum absolute atomic E-state index is 0.171. The van der Waals surface area contributed by atoms with Crippen molar-refractivity contribution in [2.24, 2.45) is 5.41 Å². The third kappa shape index (κ3) is 2.91. The van der Waals surface area contributed by atoms with Gasteiger partial charge in [-0.3, -0.25) is 9.78 Å². The van der Waals surface area contributed by atoms with Crippen molar-refractivity contribution in [1.29, 1.82) is 0 Å². The second-order valence-electron chi connectivity index (χ2n) is 6.68. The highest BCUT2D eigenvalue weighted by Gasteiger charge is 2.28. The van der Waals surface area contributed by atoms with Gasteiger partial charge in [0, 0.05) is 11.4 Å². The van der Waals surface area contributed by atoms with Crippen LogP contribution in [0.2, 0.25) is 0 Å². The number of nitrogens with one attached hydrogen (secondary N) is 2. The van der Waals surface area contributed by atoms with E-state index in [1.165, 1.54) is 6.20 Å². The van der Waals surface area contributed by atoms with Gasteiger partial charge in [0.25, 0.3) is 5.91 Å². The van der Waals surface area contributed by atoms with Crippen LogP contribution in [0.5, 0.6) is 0 Å². The fraction of sp³-hybridized carbons (Fsp3) is 0.500. The lowest BCUT2D eigenvalue weighted by Crippen LogP contribution is -2.39. The number of hydrogen-bond donors (Lipinski definition) is 2. The third-order valence-electron chi connectivity index (χ3n) is 4.42. The predicted molar refractivity (Wildman–Crippen MR) is 79.6 cm³/mol. The fourth-order valence-electron chi connectivity index (χ4n) is 2.95. The van der Waals surface area contributed by atoms with E-state index in [4.69, 9.17) is 0 Å². The van der Waals surface area contributed by atoms with Crippen LogP contribution >= 0.6 is 0 Å². The van der Waals surface area contributed by atoms with Crippen molar-refractivity contribution in [3.05, 3.63) is 30.0 Å². The molecule has 0 saturated heterocycles. The quantitative estimate of drug-likeness (QED) is 0.890. The van der Waals surface area contributed by atoms with Crippen molar-refractivity contribution in [1.82, 2.24) is 15.3 Å². The molecule has 4 nitrogen and oxygen atoms in total. The Bertz CT molecular complexity index is 667. The summed E-state index contributed by atoms with van der Waals surface area (Å²) in [6.45, 7) is 4.52. The second kappa shape index (κ2) is 5.13. The Morgan fingerprint density at radius 3 is 2.76 bits per heavy atom. The fourth-order valence-corrected chi connectivity index (χ4v) is 2.95. The molecule has 1 aliphatic carbocycles. The molecule has 2 heterocycles. The predicted octanol–water partition coefficient (Wildman–Crippen LogP) is 3.40. The van der Waals surface area contributed by atoms with Gasteiger partial charge in [-0.15, -0.1) is 0 Å². The van der Waals surface area contributed by atoms with E-state index in [0.717, 1.165) is 31.9 Å². The van der Waals surface area contributed by atoms with Crippen LogP contribution in [0.1, 0.15) is 50.0 Å². The van der Waals surface area contributed by atoms with Crippen LogP contribution in [0.3, 0.4) is 0 Å². The standard InChI is InChI=1S/C16H20FN3O/c1-16(2)5-3-10(4-6-16)19-15(21)13-7-11-12(17)8-18-9-14(11)20-13/h7-10,20H,3-6H2,1-2H3,(H,19,21). The first-order valence-electron chi connectivity index (χ1n) is 7.38. The van der Waals surface area contributed by atoms with E-state index in [-0.39, 0.29) is 11.9 Å². The summed E-state index contributed by atoms with van der Waals surface area (Å²) in [5, 5.41) is 3.44. The Balaban J connectivity index is 1.71. The molecule has 1 amide bonds. The van der Waals surface area contributed by atoms with Gasteiger partial charge in [-0.05, 0) is 37.2 Å². The number of carbonyl (C=O) groups excluding carboxylic acids is 1. The summed E-state index contributed by atoms with van der Waals surface area (Å²) in [5.41, 5.74) is 1.31. The molecule has 2 aromatic heterocycles. The highest BCUT2D eigenvalue weighted by molar-refractivity contribution is 5.98. The molecular weight excluding hydrogens is 269 g/mol. The molecule has 0 spiro atoms. The Kier molecular flexibility index (Phi) is 3.43. The first-order valence-corrected chi connectivity index (χ1v) is 7.38. The number of aromatic amines is 1. The number of amides is 1. The van der Waals surface area contributed by atoms with E-state index in [9.17, 15) is 9.18 Å². The van der Waals surface area contributed by atoms with E-state index in [1.54, 1.807) is 6.07 Å². The number of hydrogen-bond acceptors (Lipinski definition) is 2. The maximum atomic E-state index is 13.6. The molecule has 112 valence electrons. The molecule has 0 radical (unpaired) electrons. The van der Waals surface area contributed by atoms with Gasteiger partial charge in [0.1, 0.15) is 5.69 Å². The first kappa shape index (κ1) is 14.0. The van der Waals surface area contributed by atoms with Crippen LogP contribution in [0.15, 0.2) is 18.5 Å². The highest BCUT2D eigenvalue weighted by atomic mass is 19.1. The third-order valence-corrected chi connectivity index (χ3v) is 4.42. The smallest absolute Gasteiger partial charge is 0.267 e. The lowest BCUT2D eigenvalue weighted by molar-refractivity contribution is 0.0905. The minimum atomic E-state index is -0.415. The molecule has 1 saturated carbocycles. The molecule has 1 fully saturated rings. The van der Waals surface area contributed by atoms with E-state index in [1.807, 2.05) is 0 Å². The monoisotopic (exact) mass is 289 g/mol. The molecule has 2 N–H and O–H groups in total. The second-order valence-corrected chi connectivity index (χ2v) is 6.68. The van der Waals surface area contributed by atoms with Gasteiger partial charge in [-0.25, -0.2) is 4.39 Å². The van der Waals surface area contributed by atoms with Crippen LogP contribution < -0.4 is 5.32 Å². The topological polar surface area (TPSA) is 57.8 Å². The number of halogens is 1. The number of H-pyrrole nitrogens is 1. The molecule has 3 rings (SSSR count). The summed E-state index contributed by atoms with van der Waals surface area (Å²) in [5.74, 6) is -0.586. The van der Waals surface area contributed by atoms with Crippen molar-refractivity contribution in [2.45, 2.75) is 45.6 Å². The van der Waals surface area contributed by atoms with Gasteiger partial charge in [-0.1, -0.05) is 13.8 Å². The van der Waals surface area contributed by atoms with Crippen molar-refractivity contribution >= 4 is 16.8 Å². The summed E-state index contributed by atoms with van der Waals surface area (Å²) < 4.78 is 13.6. The summed E-state index contributed by atoms with van der Waals surface area (Å²) in [7, 11) is 0. The average molecular weight is 289 g/mol. The van der Waals surface area contributed by atoms with Gasteiger partial charge < -0.3 is 10.3 Å². The Labute approximate surface area is 123 Å². The minimum Gasteiger partial charge on any atom is -0.349 e. The zero-order chi connectivity index (χ0) is 15.0. The van der Waals surface area contributed by atoms with Crippen LogP contribution in [0.25, 0.3) is 10.9 Å². The van der Waals surface area contributed by atoms with Crippen molar-refractivity contribution in [3.8, 4) is 0 Å². The van der Waals surface area contributed by atoms with Crippen LogP contribution in [-0.4, -0.2) is 21.9 Å². The molecule has 0 aromatic carbocycles. The zero-order valence-corrected chi connectivity index (χ0v) is 12.4. The average Bonchev–Trinajstić information content (AvgIpc) is 2.87. The van der Waals surface area contributed by atoms with E-state index >= 15 is 0 Å². The lowest BCUT2D eigenvalue weighted by atomic mass is 9.75. The van der Waals surface area contributed by atoms with E-state index in [2.05, 4.69) is 29.1 Å². The number of nitrogens with zero attached hydrogens (tertiary/aromatic N) is 1. The molecular formula is C16H20FN3O. The largest absolute Gasteiger partial charge is 0.349 e. The van der Waals surface area contributed by atoms with Crippen molar-refractivity contribution < 1.29 is 9.18 Å². The molecule has 5 heteroatoms. The SMILES string of the molecule is CC1(C)CCC(NC(=O)c2cc3c(F)cncc3[nH]2)CC1. The van der Waals surface area contributed by atoms with Crippen LogP contribution in [0.4, 0.5) is 4.39 Å².